The van der Waals surface area contributed by atoms with Gasteiger partial charge in [-0.05, 0) is 66.6 Å². The molecular weight excluding hydrogens is 240 g/mol. The molecule has 0 amide bonds. The van der Waals surface area contributed by atoms with Crippen molar-refractivity contribution in [1.29, 1.82) is 0 Å². The van der Waals surface area contributed by atoms with Crippen LogP contribution in [-0.4, -0.2) is 0 Å². The largest absolute Gasteiger partial charge is 0.0843 e. The lowest BCUT2D eigenvalue weighted by Gasteiger charge is -2.12. The van der Waals surface area contributed by atoms with Crippen LogP contribution in [0.5, 0.6) is 0 Å². The highest BCUT2D eigenvalue weighted by atomic mass is 35.5. The first-order valence-electron chi connectivity index (χ1n) is 6.43. The van der Waals surface area contributed by atoms with E-state index in [-0.39, 0.29) is 0 Å². The van der Waals surface area contributed by atoms with Crippen molar-refractivity contribution < 1.29 is 0 Å². The molecule has 0 radical (unpaired) electrons. The summed E-state index contributed by atoms with van der Waals surface area (Å²) < 4.78 is 0. The molecule has 0 saturated carbocycles. The minimum atomic E-state index is 0.801. The zero-order chi connectivity index (χ0) is 13.1. The number of benzene rings is 2. The molecule has 0 aliphatic carbocycles. The van der Waals surface area contributed by atoms with E-state index in [1.54, 1.807) is 0 Å². The van der Waals surface area contributed by atoms with E-state index in [0.717, 1.165) is 17.9 Å². The summed E-state index contributed by atoms with van der Waals surface area (Å²) >= 11 is 5.92. The van der Waals surface area contributed by atoms with Crippen LogP contribution in [0.2, 0.25) is 5.02 Å². The van der Waals surface area contributed by atoms with Crippen molar-refractivity contribution in [3.63, 3.8) is 0 Å². The fourth-order valence-electron chi connectivity index (χ4n) is 2.25. The van der Waals surface area contributed by atoms with Crippen molar-refractivity contribution in [3.8, 4) is 0 Å². The summed E-state index contributed by atoms with van der Waals surface area (Å²) in [5, 5.41) is 0.801. The molecular formula is C17H19Cl. The lowest BCUT2D eigenvalue weighted by Crippen LogP contribution is -1.97. The van der Waals surface area contributed by atoms with E-state index in [2.05, 4.69) is 45.0 Å². The molecule has 2 aromatic carbocycles. The molecule has 1 heteroatoms. The van der Waals surface area contributed by atoms with E-state index in [9.17, 15) is 0 Å². The lowest BCUT2D eigenvalue weighted by atomic mass is 9.94. The van der Waals surface area contributed by atoms with Crippen LogP contribution in [-0.2, 0) is 12.8 Å². The Morgan fingerprint density at radius 2 is 1.44 bits per heavy atom. The van der Waals surface area contributed by atoms with Crippen LogP contribution < -0.4 is 0 Å². The Morgan fingerprint density at radius 3 is 2.00 bits per heavy atom. The van der Waals surface area contributed by atoms with Crippen molar-refractivity contribution in [2.75, 3.05) is 0 Å². The van der Waals surface area contributed by atoms with E-state index in [1.165, 1.54) is 27.8 Å². The summed E-state index contributed by atoms with van der Waals surface area (Å²) in [6.45, 7) is 6.58. The predicted octanol–water partition coefficient (Wildman–Crippen LogP) is 5.11. The fraction of sp³-hybridized carbons (Fsp3) is 0.294. The molecule has 94 valence electrons. The number of halogens is 1. The third-order valence-corrected chi connectivity index (χ3v) is 3.76. The molecule has 0 fully saturated rings. The van der Waals surface area contributed by atoms with Crippen LogP contribution >= 0.6 is 11.6 Å². The molecule has 0 spiro atoms. The first-order valence-corrected chi connectivity index (χ1v) is 6.81. The lowest BCUT2D eigenvalue weighted by molar-refractivity contribution is 1.04. The van der Waals surface area contributed by atoms with Crippen LogP contribution in [0.3, 0.4) is 0 Å². The third kappa shape index (κ3) is 2.94. The summed E-state index contributed by atoms with van der Waals surface area (Å²) in [6, 6.07) is 12.8. The molecule has 2 rings (SSSR count). The third-order valence-electron chi connectivity index (χ3n) is 3.50. The Morgan fingerprint density at radius 1 is 0.889 bits per heavy atom. The summed E-state index contributed by atoms with van der Waals surface area (Å²) in [7, 11) is 0. The summed E-state index contributed by atoms with van der Waals surface area (Å²) in [6.07, 6.45) is 2.07. The van der Waals surface area contributed by atoms with Gasteiger partial charge in [-0.3, -0.25) is 0 Å². The monoisotopic (exact) mass is 258 g/mol. The molecule has 0 aliphatic heterocycles. The predicted molar refractivity (Wildman–Crippen MR) is 79.6 cm³/mol. The maximum atomic E-state index is 5.92. The molecule has 0 bridgehead atoms. The van der Waals surface area contributed by atoms with Gasteiger partial charge in [0.15, 0.2) is 0 Å². The molecule has 18 heavy (non-hydrogen) atoms. The van der Waals surface area contributed by atoms with Crippen LogP contribution in [0.4, 0.5) is 0 Å². The van der Waals surface area contributed by atoms with E-state index < -0.39 is 0 Å². The van der Waals surface area contributed by atoms with Gasteiger partial charge in [-0.25, -0.2) is 0 Å². The molecule has 0 N–H and O–H groups in total. The Hall–Kier alpha value is -1.27. The van der Waals surface area contributed by atoms with Crippen LogP contribution in [0.1, 0.15) is 34.7 Å². The Balaban J connectivity index is 2.33. The fourth-order valence-corrected chi connectivity index (χ4v) is 2.38. The average molecular weight is 259 g/mol. The topological polar surface area (TPSA) is 0 Å². The zero-order valence-corrected chi connectivity index (χ0v) is 12.0. The molecule has 0 saturated heterocycles. The van der Waals surface area contributed by atoms with Gasteiger partial charge in [0.2, 0.25) is 0 Å². The van der Waals surface area contributed by atoms with E-state index in [0.29, 0.717) is 0 Å². The zero-order valence-electron chi connectivity index (χ0n) is 11.3. The molecule has 0 unspecified atom stereocenters. The molecule has 0 heterocycles. The first-order chi connectivity index (χ1) is 8.60. The number of hydrogen-bond acceptors (Lipinski definition) is 0. The SMILES string of the molecule is CCc1cc(C)c(C)cc1Cc1ccc(Cl)cc1. The second-order valence-corrected chi connectivity index (χ2v) is 5.30. The molecule has 0 aromatic heterocycles. The molecule has 2 aromatic rings. The highest BCUT2D eigenvalue weighted by Crippen LogP contribution is 2.21. The van der Waals surface area contributed by atoms with Gasteiger partial charge in [-0.2, -0.15) is 0 Å². The number of aryl methyl sites for hydroxylation is 3. The first kappa shape index (κ1) is 13.2. The quantitative estimate of drug-likeness (QED) is 0.718. The van der Waals surface area contributed by atoms with Gasteiger partial charge in [0.1, 0.15) is 0 Å². The normalized spacial score (nSPS) is 10.7. The summed E-state index contributed by atoms with van der Waals surface area (Å²) in [4.78, 5) is 0. The van der Waals surface area contributed by atoms with Crippen molar-refractivity contribution in [2.45, 2.75) is 33.6 Å². The van der Waals surface area contributed by atoms with Crippen molar-refractivity contribution in [2.24, 2.45) is 0 Å². The van der Waals surface area contributed by atoms with Crippen molar-refractivity contribution in [3.05, 3.63) is 69.2 Å². The van der Waals surface area contributed by atoms with Crippen molar-refractivity contribution >= 4 is 11.6 Å². The number of hydrogen-bond donors (Lipinski definition) is 0. The summed E-state index contributed by atoms with van der Waals surface area (Å²) in [5.41, 5.74) is 6.95. The maximum absolute atomic E-state index is 5.92. The Bertz CT molecular complexity index is 538. The molecule has 0 nitrogen and oxygen atoms in total. The van der Waals surface area contributed by atoms with Gasteiger partial charge in [-0.15, -0.1) is 0 Å². The number of rotatable bonds is 3. The Kier molecular flexibility index (Phi) is 4.08. The second-order valence-electron chi connectivity index (χ2n) is 4.86. The maximum Gasteiger partial charge on any atom is 0.0406 e. The summed E-state index contributed by atoms with van der Waals surface area (Å²) in [5.74, 6) is 0. The average Bonchev–Trinajstić information content (AvgIpc) is 2.36. The van der Waals surface area contributed by atoms with Gasteiger partial charge in [-0.1, -0.05) is 42.8 Å². The highest BCUT2D eigenvalue weighted by molar-refractivity contribution is 6.30. The van der Waals surface area contributed by atoms with Crippen LogP contribution in [0, 0.1) is 13.8 Å². The standard InChI is InChI=1S/C17H19Cl/c1-4-15-9-12(2)13(3)10-16(15)11-14-5-7-17(18)8-6-14/h5-10H,4,11H2,1-3H3. The van der Waals surface area contributed by atoms with E-state index in [1.807, 2.05) is 12.1 Å². The van der Waals surface area contributed by atoms with Crippen LogP contribution in [0.25, 0.3) is 0 Å². The minimum Gasteiger partial charge on any atom is -0.0843 e. The van der Waals surface area contributed by atoms with Gasteiger partial charge in [0.05, 0.1) is 0 Å². The van der Waals surface area contributed by atoms with Gasteiger partial charge in [0, 0.05) is 5.02 Å². The smallest absolute Gasteiger partial charge is 0.0406 e. The second kappa shape index (κ2) is 5.58. The van der Waals surface area contributed by atoms with Gasteiger partial charge >= 0.3 is 0 Å². The highest BCUT2D eigenvalue weighted by Gasteiger charge is 2.05. The van der Waals surface area contributed by atoms with Gasteiger partial charge < -0.3 is 0 Å². The van der Waals surface area contributed by atoms with E-state index in [4.69, 9.17) is 11.6 Å². The minimum absolute atomic E-state index is 0.801. The van der Waals surface area contributed by atoms with Crippen LogP contribution in [0.15, 0.2) is 36.4 Å². The van der Waals surface area contributed by atoms with E-state index >= 15 is 0 Å². The molecule has 0 atom stereocenters. The Labute approximate surface area is 115 Å². The van der Waals surface area contributed by atoms with Gasteiger partial charge in [0.25, 0.3) is 0 Å². The molecule has 0 aliphatic rings. The van der Waals surface area contributed by atoms with Crippen molar-refractivity contribution in [1.82, 2.24) is 0 Å².